The summed E-state index contributed by atoms with van der Waals surface area (Å²) in [5.74, 6) is 0.130. The van der Waals surface area contributed by atoms with Crippen LogP contribution in [-0.2, 0) is 16.0 Å². The lowest BCUT2D eigenvalue weighted by atomic mass is 10.0. The molecule has 3 rings (SSSR count). The van der Waals surface area contributed by atoms with Crippen LogP contribution in [0.5, 0.6) is 0 Å². The van der Waals surface area contributed by atoms with E-state index in [0.717, 1.165) is 17.7 Å². The van der Waals surface area contributed by atoms with Gasteiger partial charge in [0.05, 0.1) is 18.2 Å². The van der Waals surface area contributed by atoms with E-state index in [1.54, 1.807) is 25.3 Å². The first-order chi connectivity index (χ1) is 12.4. The van der Waals surface area contributed by atoms with Crippen LogP contribution in [0.4, 0.5) is 9.52 Å². The van der Waals surface area contributed by atoms with Crippen molar-refractivity contribution in [2.45, 2.75) is 37.6 Å². The van der Waals surface area contributed by atoms with Crippen LogP contribution in [0.3, 0.4) is 0 Å². The van der Waals surface area contributed by atoms with Crippen LogP contribution in [0, 0.1) is 11.7 Å². The Morgan fingerprint density at radius 3 is 2.96 bits per heavy atom. The molecule has 1 aliphatic rings. The van der Waals surface area contributed by atoms with Crippen LogP contribution in [0.1, 0.15) is 37.6 Å². The first-order valence-electron chi connectivity index (χ1n) is 8.40. The van der Waals surface area contributed by atoms with E-state index in [2.05, 4.69) is 15.6 Å². The third-order valence-corrected chi connectivity index (χ3v) is 5.97. The van der Waals surface area contributed by atoms with Crippen LogP contribution < -0.4 is 10.6 Å². The summed E-state index contributed by atoms with van der Waals surface area (Å²) in [6.07, 6.45) is 0.891. The summed E-state index contributed by atoms with van der Waals surface area (Å²) in [4.78, 5) is 29.0. The van der Waals surface area contributed by atoms with Crippen LogP contribution in [0.15, 0.2) is 28.5 Å². The molecule has 0 saturated heterocycles. The minimum atomic E-state index is -0.239. The van der Waals surface area contributed by atoms with E-state index in [0.29, 0.717) is 15.7 Å². The zero-order valence-electron chi connectivity index (χ0n) is 14.5. The van der Waals surface area contributed by atoms with Gasteiger partial charge in [-0.25, -0.2) is 9.37 Å². The van der Waals surface area contributed by atoms with Crippen LogP contribution in [0.2, 0.25) is 0 Å². The molecular formula is C18H20FN3O2S2. The van der Waals surface area contributed by atoms with Gasteiger partial charge in [-0.1, -0.05) is 26.0 Å². The van der Waals surface area contributed by atoms with E-state index in [9.17, 15) is 14.0 Å². The molecule has 5 nitrogen and oxygen atoms in total. The van der Waals surface area contributed by atoms with Crippen LogP contribution in [-0.4, -0.2) is 22.6 Å². The molecule has 0 radical (unpaired) electrons. The Kier molecular flexibility index (Phi) is 5.93. The van der Waals surface area contributed by atoms with Crippen LogP contribution in [0.25, 0.3) is 0 Å². The Labute approximate surface area is 159 Å². The van der Waals surface area contributed by atoms with Crippen molar-refractivity contribution in [1.82, 2.24) is 10.3 Å². The number of thioether (sulfide) groups is 1. The number of nitrogens with zero attached hydrogens (tertiary/aromatic N) is 1. The van der Waals surface area contributed by atoms with Crippen molar-refractivity contribution in [2.24, 2.45) is 5.92 Å². The average molecular weight is 394 g/mol. The molecule has 138 valence electrons. The van der Waals surface area contributed by atoms with Crippen molar-refractivity contribution in [2.75, 3.05) is 11.1 Å². The minimum absolute atomic E-state index is 0.103. The average Bonchev–Trinajstić information content (AvgIpc) is 3.02. The fourth-order valence-corrected chi connectivity index (χ4v) is 4.50. The van der Waals surface area contributed by atoms with E-state index in [-0.39, 0.29) is 36.0 Å². The number of carbonyl (C=O) groups is 2. The van der Waals surface area contributed by atoms with Crippen molar-refractivity contribution in [3.05, 3.63) is 40.7 Å². The number of hydrogen-bond acceptors (Lipinski definition) is 5. The molecule has 1 unspecified atom stereocenters. The first kappa shape index (κ1) is 18.8. The molecule has 0 aliphatic carbocycles. The lowest BCUT2D eigenvalue weighted by molar-refractivity contribution is -0.121. The molecule has 2 heterocycles. The topological polar surface area (TPSA) is 71.1 Å². The van der Waals surface area contributed by atoms with Crippen molar-refractivity contribution in [3.63, 3.8) is 0 Å². The summed E-state index contributed by atoms with van der Waals surface area (Å²) in [5, 5.41) is 7.96. The number of fused-ring (bicyclic) bond motifs is 1. The number of rotatable bonds is 5. The standard InChI is InChI=1S/C18H20FN3O2S2/c1-10(2)17(24)22-18-20-11(9-26-18)8-15(23)21-14-6-7-25-16-12(14)4-3-5-13(16)19/h3-5,9-10,14H,6-8H2,1-2H3,(H,21,23)(H,20,22,24). The molecule has 8 heteroatoms. The van der Waals surface area contributed by atoms with Gasteiger partial charge < -0.3 is 10.6 Å². The van der Waals surface area contributed by atoms with E-state index in [1.165, 1.54) is 29.2 Å². The fourth-order valence-electron chi connectivity index (χ4n) is 2.64. The molecule has 26 heavy (non-hydrogen) atoms. The smallest absolute Gasteiger partial charge is 0.228 e. The highest BCUT2D eigenvalue weighted by Gasteiger charge is 2.24. The number of nitrogens with one attached hydrogen (secondary N) is 2. The second kappa shape index (κ2) is 8.18. The molecule has 2 N–H and O–H groups in total. The van der Waals surface area contributed by atoms with Gasteiger partial charge in [0.2, 0.25) is 11.8 Å². The molecule has 1 aliphatic heterocycles. The maximum absolute atomic E-state index is 13.9. The summed E-state index contributed by atoms with van der Waals surface area (Å²) in [6.45, 7) is 3.61. The molecule has 2 aromatic rings. The van der Waals surface area contributed by atoms with Crippen molar-refractivity contribution < 1.29 is 14.0 Å². The zero-order valence-corrected chi connectivity index (χ0v) is 16.2. The maximum atomic E-state index is 13.9. The molecule has 1 atom stereocenters. The monoisotopic (exact) mass is 393 g/mol. The molecule has 1 aromatic heterocycles. The maximum Gasteiger partial charge on any atom is 0.228 e. The number of halogens is 1. The molecule has 1 aromatic carbocycles. The summed E-state index contributed by atoms with van der Waals surface area (Å²) in [5.41, 5.74) is 1.44. The van der Waals surface area contributed by atoms with Gasteiger partial charge in [-0.3, -0.25) is 9.59 Å². The highest BCUT2D eigenvalue weighted by Crippen LogP contribution is 2.37. The molecule has 0 fully saturated rings. The predicted octanol–water partition coefficient (Wildman–Crippen LogP) is 3.77. The third kappa shape index (κ3) is 4.42. The fraction of sp³-hybridized carbons (Fsp3) is 0.389. The highest BCUT2D eigenvalue weighted by molar-refractivity contribution is 7.99. The SMILES string of the molecule is CC(C)C(=O)Nc1nc(CC(=O)NC2CCSc3c(F)cccc32)cs1. The van der Waals surface area contributed by atoms with Crippen molar-refractivity contribution in [1.29, 1.82) is 0 Å². The highest BCUT2D eigenvalue weighted by atomic mass is 32.2. The number of thiazole rings is 1. The molecule has 2 amide bonds. The van der Waals surface area contributed by atoms with Gasteiger partial charge in [0.1, 0.15) is 5.82 Å². The summed E-state index contributed by atoms with van der Waals surface area (Å²) >= 11 is 2.78. The second-order valence-corrected chi connectivity index (χ2v) is 8.34. The number of benzene rings is 1. The molecule has 0 spiro atoms. The number of anilines is 1. The summed E-state index contributed by atoms with van der Waals surface area (Å²) < 4.78 is 13.9. The van der Waals surface area contributed by atoms with Crippen molar-refractivity contribution >= 4 is 40.0 Å². The second-order valence-electron chi connectivity index (χ2n) is 6.38. The number of amides is 2. The van der Waals surface area contributed by atoms with Gasteiger partial charge in [-0.2, -0.15) is 0 Å². The zero-order chi connectivity index (χ0) is 18.7. The van der Waals surface area contributed by atoms with Gasteiger partial charge in [0, 0.05) is 21.9 Å². The van der Waals surface area contributed by atoms with E-state index in [1.807, 2.05) is 6.07 Å². The summed E-state index contributed by atoms with van der Waals surface area (Å²) in [7, 11) is 0. The Balaban J connectivity index is 1.61. The van der Waals surface area contributed by atoms with Gasteiger partial charge >= 0.3 is 0 Å². The number of aromatic nitrogens is 1. The van der Waals surface area contributed by atoms with E-state index < -0.39 is 0 Å². The minimum Gasteiger partial charge on any atom is -0.349 e. The molecule has 0 bridgehead atoms. The van der Waals surface area contributed by atoms with E-state index >= 15 is 0 Å². The Morgan fingerprint density at radius 1 is 1.38 bits per heavy atom. The quantitative estimate of drug-likeness (QED) is 0.811. The van der Waals surface area contributed by atoms with Crippen molar-refractivity contribution in [3.8, 4) is 0 Å². The predicted molar refractivity (Wildman–Crippen MR) is 102 cm³/mol. The number of hydrogen-bond donors (Lipinski definition) is 2. The van der Waals surface area contributed by atoms with Gasteiger partial charge in [-0.05, 0) is 18.1 Å². The van der Waals surface area contributed by atoms with Gasteiger partial charge in [0.25, 0.3) is 0 Å². The lowest BCUT2D eigenvalue weighted by Crippen LogP contribution is -2.32. The normalized spacial score (nSPS) is 16.2. The lowest BCUT2D eigenvalue weighted by Gasteiger charge is -2.26. The van der Waals surface area contributed by atoms with Crippen LogP contribution >= 0.6 is 23.1 Å². The Hall–Kier alpha value is -1.93. The molecule has 0 saturated carbocycles. The summed E-state index contributed by atoms with van der Waals surface area (Å²) in [6, 6.07) is 4.78. The van der Waals surface area contributed by atoms with Gasteiger partial charge in [-0.15, -0.1) is 23.1 Å². The van der Waals surface area contributed by atoms with E-state index in [4.69, 9.17) is 0 Å². The molecular weight excluding hydrogens is 373 g/mol. The number of carbonyl (C=O) groups excluding carboxylic acids is 2. The largest absolute Gasteiger partial charge is 0.349 e. The Morgan fingerprint density at radius 2 is 2.19 bits per heavy atom. The van der Waals surface area contributed by atoms with Gasteiger partial charge in [0.15, 0.2) is 5.13 Å². The first-order valence-corrected chi connectivity index (χ1v) is 10.3. The Bertz CT molecular complexity index is 823. The third-order valence-electron chi connectivity index (χ3n) is 4.01.